The van der Waals surface area contributed by atoms with Gasteiger partial charge in [-0.25, -0.2) is 4.98 Å². The second-order valence-corrected chi connectivity index (χ2v) is 6.32. The lowest BCUT2D eigenvalue weighted by atomic mass is 10.1. The van der Waals surface area contributed by atoms with Crippen LogP contribution >= 0.6 is 0 Å². The summed E-state index contributed by atoms with van der Waals surface area (Å²) in [6.45, 7) is 2.37. The lowest BCUT2D eigenvalue weighted by molar-refractivity contribution is -0.0439. The highest BCUT2D eigenvalue weighted by molar-refractivity contribution is 5.80. The van der Waals surface area contributed by atoms with E-state index < -0.39 is 0 Å². The number of rotatable bonds is 5. The maximum Gasteiger partial charge on any atom is 0.127 e. The molecule has 116 valence electrons. The Balaban J connectivity index is 1.46. The summed E-state index contributed by atoms with van der Waals surface area (Å²) >= 11 is 0. The zero-order valence-corrected chi connectivity index (χ0v) is 12.7. The molecule has 1 aliphatic carbocycles. The van der Waals surface area contributed by atoms with Gasteiger partial charge in [-0.05, 0) is 43.4 Å². The number of nitrogens with zero attached hydrogens (tertiary/aromatic N) is 1. The van der Waals surface area contributed by atoms with Crippen LogP contribution in [0.2, 0.25) is 0 Å². The highest BCUT2D eigenvalue weighted by Gasteiger charge is 2.29. The van der Waals surface area contributed by atoms with Crippen molar-refractivity contribution in [2.45, 2.75) is 31.4 Å². The van der Waals surface area contributed by atoms with Crippen LogP contribution in [-0.2, 0) is 9.47 Å². The fourth-order valence-electron chi connectivity index (χ4n) is 2.93. The van der Waals surface area contributed by atoms with Crippen molar-refractivity contribution in [3.63, 3.8) is 0 Å². The van der Waals surface area contributed by atoms with Gasteiger partial charge in [0.2, 0.25) is 0 Å². The van der Waals surface area contributed by atoms with Crippen LogP contribution in [0.3, 0.4) is 0 Å². The first-order chi connectivity index (χ1) is 10.9. The molecule has 1 saturated heterocycles. The lowest BCUT2D eigenvalue weighted by Crippen LogP contribution is -2.44. The van der Waals surface area contributed by atoms with Crippen LogP contribution in [0, 0.1) is 5.92 Å². The predicted octanol–water partition coefficient (Wildman–Crippen LogP) is 3.23. The third-order valence-corrected chi connectivity index (χ3v) is 4.47. The van der Waals surface area contributed by atoms with E-state index in [1.807, 2.05) is 24.3 Å². The quantitative estimate of drug-likeness (QED) is 0.920. The van der Waals surface area contributed by atoms with Crippen LogP contribution in [0.25, 0.3) is 10.9 Å². The third-order valence-electron chi connectivity index (χ3n) is 4.47. The zero-order valence-electron chi connectivity index (χ0n) is 12.7. The minimum Gasteiger partial charge on any atom is -0.379 e. The van der Waals surface area contributed by atoms with Crippen molar-refractivity contribution in [3.05, 3.63) is 36.4 Å². The topological polar surface area (TPSA) is 43.4 Å². The van der Waals surface area contributed by atoms with Gasteiger partial charge in [0.15, 0.2) is 0 Å². The SMILES string of the molecule is c1ccc2nc(N[C@@H]3COCC[C@@H]3OCC3CC3)ccc2c1. The van der Waals surface area contributed by atoms with E-state index in [2.05, 4.69) is 22.4 Å². The molecule has 0 bridgehead atoms. The normalized spacial score (nSPS) is 25.3. The molecular formula is C18H22N2O2. The van der Waals surface area contributed by atoms with E-state index in [0.29, 0.717) is 6.61 Å². The standard InChI is InChI=1S/C18H22N2O2/c1-2-4-15-14(3-1)7-8-18(19-15)20-16-12-21-10-9-17(16)22-11-13-5-6-13/h1-4,7-8,13,16-17H,5-6,9-12H2,(H,19,20)/t16-,17+/m1/s1. The van der Waals surface area contributed by atoms with E-state index in [-0.39, 0.29) is 12.1 Å². The number of hydrogen-bond acceptors (Lipinski definition) is 4. The first kappa shape index (κ1) is 14.0. The molecule has 4 rings (SSSR count). The van der Waals surface area contributed by atoms with Crippen LogP contribution in [0.5, 0.6) is 0 Å². The van der Waals surface area contributed by atoms with Gasteiger partial charge < -0.3 is 14.8 Å². The zero-order chi connectivity index (χ0) is 14.8. The van der Waals surface area contributed by atoms with E-state index in [9.17, 15) is 0 Å². The maximum absolute atomic E-state index is 6.11. The second kappa shape index (κ2) is 6.23. The van der Waals surface area contributed by atoms with E-state index in [0.717, 1.165) is 42.3 Å². The first-order valence-electron chi connectivity index (χ1n) is 8.20. The lowest BCUT2D eigenvalue weighted by Gasteiger charge is -2.32. The Kier molecular flexibility index (Phi) is 3.95. The largest absolute Gasteiger partial charge is 0.379 e. The molecule has 2 heterocycles. The molecule has 0 spiro atoms. The Bertz CT molecular complexity index is 642. The van der Waals surface area contributed by atoms with Gasteiger partial charge in [-0.3, -0.25) is 0 Å². The van der Waals surface area contributed by atoms with Crippen molar-refractivity contribution >= 4 is 16.7 Å². The molecular weight excluding hydrogens is 276 g/mol. The van der Waals surface area contributed by atoms with Crippen molar-refractivity contribution in [3.8, 4) is 0 Å². The summed E-state index contributed by atoms with van der Waals surface area (Å²) in [7, 11) is 0. The molecule has 1 aliphatic heterocycles. The van der Waals surface area contributed by atoms with E-state index in [1.165, 1.54) is 12.8 Å². The molecule has 0 amide bonds. The minimum atomic E-state index is 0.182. The van der Waals surface area contributed by atoms with Crippen molar-refractivity contribution in [1.29, 1.82) is 0 Å². The highest BCUT2D eigenvalue weighted by Crippen LogP contribution is 2.30. The summed E-state index contributed by atoms with van der Waals surface area (Å²) in [6, 6.07) is 12.5. The third kappa shape index (κ3) is 3.23. The molecule has 1 saturated carbocycles. The number of benzene rings is 1. The Hall–Kier alpha value is -1.65. The van der Waals surface area contributed by atoms with E-state index in [1.54, 1.807) is 0 Å². The molecule has 1 aromatic heterocycles. The van der Waals surface area contributed by atoms with Crippen molar-refractivity contribution in [2.24, 2.45) is 5.92 Å². The summed E-state index contributed by atoms with van der Waals surface area (Å²) in [5.41, 5.74) is 1.01. The smallest absolute Gasteiger partial charge is 0.127 e. The summed E-state index contributed by atoms with van der Waals surface area (Å²) in [6.07, 6.45) is 3.83. The summed E-state index contributed by atoms with van der Waals surface area (Å²) in [4.78, 5) is 4.69. The molecule has 22 heavy (non-hydrogen) atoms. The molecule has 0 radical (unpaired) electrons. The molecule has 2 atom stereocenters. The van der Waals surface area contributed by atoms with Gasteiger partial charge >= 0.3 is 0 Å². The van der Waals surface area contributed by atoms with E-state index >= 15 is 0 Å². The average molecular weight is 298 g/mol. The van der Waals surface area contributed by atoms with Gasteiger partial charge in [0, 0.05) is 18.6 Å². The number of ether oxygens (including phenoxy) is 2. The minimum absolute atomic E-state index is 0.182. The number of anilines is 1. The molecule has 4 nitrogen and oxygen atoms in total. The molecule has 2 aromatic rings. The Labute approximate surface area is 130 Å². The van der Waals surface area contributed by atoms with Gasteiger partial charge in [-0.2, -0.15) is 0 Å². The van der Waals surface area contributed by atoms with E-state index in [4.69, 9.17) is 9.47 Å². The molecule has 4 heteroatoms. The highest BCUT2D eigenvalue weighted by atomic mass is 16.5. The van der Waals surface area contributed by atoms with Gasteiger partial charge in [-0.1, -0.05) is 18.2 Å². The molecule has 2 fully saturated rings. The van der Waals surface area contributed by atoms with Gasteiger partial charge in [0.25, 0.3) is 0 Å². The Morgan fingerprint density at radius 1 is 1.14 bits per heavy atom. The number of nitrogens with one attached hydrogen (secondary N) is 1. The van der Waals surface area contributed by atoms with Crippen LogP contribution in [-0.4, -0.2) is 37.0 Å². The molecule has 0 unspecified atom stereocenters. The van der Waals surface area contributed by atoms with Crippen LogP contribution < -0.4 is 5.32 Å². The Morgan fingerprint density at radius 3 is 2.95 bits per heavy atom. The number of aromatic nitrogens is 1. The van der Waals surface area contributed by atoms with Crippen LogP contribution in [0.1, 0.15) is 19.3 Å². The maximum atomic E-state index is 6.11. The monoisotopic (exact) mass is 298 g/mol. The Morgan fingerprint density at radius 2 is 2.05 bits per heavy atom. The second-order valence-electron chi connectivity index (χ2n) is 6.32. The van der Waals surface area contributed by atoms with Crippen LogP contribution in [0.15, 0.2) is 36.4 Å². The predicted molar refractivity (Wildman–Crippen MR) is 87.1 cm³/mol. The van der Waals surface area contributed by atoms with Gasteiger partial charge in [-0.15, -0.1) is 0 Å². The van der Waals surface area contributed by atoms with Crippen LogP contribution in [0.4, 0.5) is 5.82 Å². The number of para-hydroxylation sites is 1. The van der Waals surface area contributed by atoms with Gasteiger partial charge in [0.1, 0.15) is 5.82 Å². The first-order valence-corrected chi connectivity index (χ1v) is 8.20. The average Bonchev–Trinajstić information content (AvgIpc) is 3.38. The number of fused-ring (bicyclic) bond motifs is 1. The fraction of sp³-hybridized carbons (Fsp3) is 0.500. The van der Waals surface area contributed by atoms with Crippen molar-refractivity contribution in [1.82, 2.24) is 4.98 Å². The summed E-state index contributed by atoms with van der Waals surface area (Å²) < 4.78 is 11.7. The molecule has 2 aliphatic rings. The summed E-state index contributed by atoms with van der Waals surface area (Å²) in [5, 5.41) is 4.67. The van der Waals surface area contributed by atoms with Crippen molar-refractivity contribution in [2.75, 3.05) is 25.1 Å². The molecule has 1 N–H and O–H groups in total. The van der Waals surface area contributed by atoms with Crippen molar-refractivity contribution < 1.29 is 9.47 Å². The summed E-state index contributed by atoms with van der Waals surface area (Å²) in [5.74, 6) is 1.69. The van der Waals surface area contributed by atoms with Gasteiger partial charge in [0.05, 0.1) is 24.3 Å². The molecule has 1 aromatic carbocycles. The fourth-order valence-corrected chi connectivity index (χ4v) is 2.93. The number of pyridine rings is 1. The number of hydrogen-bond donors (Lipinski definition) is 1.